The monoisotopic (exact) mass is 742 g/mol. The first-order valence-corrected chi connectivity index (χ1v) is 20.2. The van der Waals surface area contributed by atoms with Gasteiger partial charge in [-0.1, -0.05) is 122 Å². The first-order valence-electron chi connectivity index (χ1n) is 20.2. The van der Waals surface area contributed by atoms with E-state index in [1.807, 2.05) is 0 Å². The molecule has 0 radical (unpaired) electrons. The summed E-state index contributed by atoms with van der Waals surface area (Å²) in [5.74, 6) is 2.52. The Morgan fingerprint density at radius 3 is 1.55 bits per heavy atom. The van der Waals surface area contributed by atoms with E-state index in [2.05, 4.69) is 216 Å². The summed E-state index contributed by atoms with van der Waals surface area (Å²) in [6.07, 6.45) is 4.45. The molecule has 0 saturated carbocycles. The fourth-order valence-electron chi connectivity index (χ4n) is 9.81. The molecule has 3 heterocycles. The van der Waals surface area contributed by atoms with Gasteiger partial charge in [0, 0.05) is 38.5 Å². The Hall–Kier alpha value is -7.36. The topological polar surface area (TPSA) is 19.1 Å². The average molecular weight is 743 g/mol. The minimum absolute atomic E-state index is 0.222. The summed E-state index contributed by atoms with van der Waals surface area (Å²) in [4.78, 5) is 0. The molecule has 0 fully saturated rings. The summed E-state index contributed by atoms with van der Waals surface area (Å²) in [5, 5.41) is 5.01. The molecule has 2 atom stereocenters. The van der Waals surface area contributed by atoms with Crippen molar-refractivity contribution in [1.29, 1.82) is 0 Å². The molecule has 0 amide bonds. The summed E-state index contributed by atoms with van der Waals surface area (Å²) in [6.45, 7) is 2.34. The third-order valence-corrected chi connectivity index (χ3v) is 12.5. The molecule has 2 aromatic heterocycles. The van der Waals surface area contributed by atoms with Crippen LogP contribution in [0.5, 0.6) is 5.75 Å². The number of benzene rings is 8. The number of nitrogens with zero attached hydrogens (tertiary/aromatic N) is 2. The SMILES string of the molecule is CC1C(c2ccc3c(c2)c2cc(-c4cccc(-c5ccc6c(c5)c5ccccc5n6-c5ccccc5)c4)ccc2n3-c2ccccc2)=CC=C2Oc3ccccc3C21. The quantitative estimate of drug-likeness (QED) is 0.172. The molecule has 274 valence electrons. The lowest BCUT2D eigenvalue weighted by atomic mass is 9.76. The number of rotatable bonds is 5. The highest BCUT2D eigenvalue weighted by Gasteiger charge is 2.37. The Balaban J connectivity index is 0.978. The Labute approximate surface area is 337 Å². The smallest absolute Gasteiger partial charge is 0.130 e. The molecule has 3 nitrogen and oxygen atoms in total. The van der Waals surface area contributed by atoms with Crippen molar-refractivity contribution < 1.29 is 4.74 Å². The fourth-order valence-corrected chi connectivity index (χ4v) is 9.81. The van der Waals surface area contributed by atoms with E-state index in [4.69, 9.17) is 4.74 Å². The van der Waals surface area contributed by atoms with Crippen molar-refractivity contribution in [2.75, 3.05) is 0 Å². The van der Waals surface area contributed by atoms with Crippen LogP contribution in [0.25, 0.3) is 82.8 Å². The van der Waals surface area contributed by atoms with Crippen LogP contribution in [0.15, 0.2) is 206 Å². The molecular weight excluding hydrogens is 705 g/mol. The molecule has 2 unspecified atom stereocenters. The van der Waals surface area contributed by atoms with Crippen LogP contribution in [0.3, 0.4) is 0 Å². The first kappa shape index (κ1) is 32.8. The zero-order chi connectivity index (χ0) is 38.3. The summed E-state index contributed by atoms with van der Waals surface area (Å²) in [6, 6.07) is 68.6. The van der Waals surface area contributed by atoms with Crippen molar-refractivity contribution in [2.24, 2.45) is 5.92 Å². The molecule has 1 aliphatic carbocycles. The first-order chi connectivity index (χ1) is 28.7. The summed E-state index contributed by atoms with van der Waals surface area (Å²) in [7, 11) is 0. The predicted molar refractivity (Wildman–Crippen MR) is 241 cm³/mol. The van der Waals surface area contributed by atoms with Crippen LogP contribution in [0.1, 0.15) is 24.0 Å². The number of fused-ring (bicyclic) bond motifs is 9. The van der Waals surface area contributed by atoms with Crippen LogP contribution < -0.4 is 4.74 Å². The molecule has 0 N–H and O–H groups in total. The Bertz CT molecular complexity index is 3330. The number of hydrogen-bond acceptors (Lipinski definition) is 1. The van der Waals surface area contributed by atoms with Crippen LogP contribution in [-0.2, 0) is 0 Å². The largest absolute Gasteiger partial charge is 0.461 e. The second-order valence-electron chi connectivity index (χ2n) is 15.7. The molecule has 2 aliphatic rings. The van der Waals surface area contributed by atoms with Crippen molar-refractivity contribution in [2.45, 2.75) is 12.8 Å². The highest BCUT2D eigenvalue weighted by Crippen LogP contribution is 2.51. The second-order valence-corrected chi connectivity index (χ2v) is 15.7. The van der Waals surface area contributed by atoms with Crippen molar-refractivity contribution in [1.82, 2.24) is 9.13 Å². The van der Waals surface area contributed by atoms with Gasteiger partial charge in [0.15, 0.2) is 0 Å². The van der Waals surface area contributed by atoms with E-state index in [9.17, 15) is 0 Å². The third kappa shape index (κ3) is 5.00. The number of hydrogen-bond donors (Lipinski definition) is 0. The van der Waals surface area contributed by atoms with E-state index < -0.39 is 0 Å². The van der Waals surface area contributed by atoms with Crippen LogP contribution in [0.2, 0.25) is 0 Å². The lowest BCUT2D eigenvalue weighted by Gasteiger charge is -2.26. The van der Waals surface area contributed by atoms with Gasteiger partial charge in [-0.3, -0.25) is 0 Å². The molecule has 58 heavy (non-hydrogen) atoms. The maximum atomic E-state index is 6.30. The second kappa shape index (κ2) is 12.8. The van der Waals surface area contributed by atoms with E-state index in [1.54, 1.807) is 0 Å². The fraction of sp³-hybridized carbons (Fsp3) is 0.0545. The van der Waals surface area contributed by atoms with Crippen molar-refractivity contribution >= 4 is 49.2 Å². The van der Waals surface area contributed by atoms with Gasteiger partial charge in [0.25, 0.3) is 0 Å². The van der Waals surface area contributed by atoms with Gasteiger partial charge in [-0.05, 0) is 124 Å². The van der Waals surface area contributed by atoms with Crippen molar-refractivity contribution in [3.63, 3.8) is 0 Å². The van der Waals surface area contributed by atoms with Crippen molar-refractivity contribution in [3.05, 3.63) is 217 Å². The summed E-state index contributed by atoms with van der Waals surface area (Å²) in [5.41, 5.74) is 15.8. The number of para-hydroxylation sites is 4. The normalized spacial score (nSPS) is 16.0. The molecule has 1 aliphatic heterocycles. The molecule has 10 aromatic rings. The van der Waals surface area contributed by atoms with Crippen molar-refractivity contribution in [3.8, 4) is 39.4 Å². The van der Waals surface area contributed by atoms with Crippen LogP contribution in [-0.4, -0.2) is 9.13 Å². The highest BCUT2D eigenvalue weighted by atomic mass is 16.5. The number of allylic oxidation sites excluding steroid dienone is 4. The zero-order valence-electron chi connectivity index (χ0n) is 32.0. The lowest BCUT2D eigenvalue weighted by Crippen LogP contribution is -2.15. The van der Waals surface area contributed by atoms with Gasteiger partial charge >= 0.3 is 0 Å². The molecule has 0 spiro atoms. The Morgan fingerprint density at radius 2 is 0.897 bits per heavy atom. The summed E-state index contributed by atoms with van der Waals surface area (Å²) < 4.78 is 11.1. The molecule has 12 rings (SSSR count). The van der Waals surface area contributed by atoms with Gasteiger partial charge in [-0.15, -0.1) is 0 Å². The molecular formula is C55H38N2O. The van der Waals surface area contributed by atoms with Gasteiger partial charge in [0.2, 0.25) is 0 Å². The standard InChI is InChI=1S/C55H38N2O/c1-35-43(26-30-54-55(35)45-20-9-11-22-53(45)58-54)40-25-29-52-48(34-40)47-33-39(24-28-51(47)57(52)42-17-6-3-7-18-42)37-14-12-13-36(31-37)38-23-27-50-46(32-38)44-19-8-10-21-49(44)56(50)41-15-4-2-5-16-41/h2-35,55H,1H3. The highest BCUT2D eigenvalue weighted by molar-refractivity contribution is 6.12. The van der Waals surface area contributed by atoms with Gasteiger partial charge in [0.05, 0.1) is 28.0 Å². The van der Waals surface area contributed by atoms with E-state index in [1.165, 1.54) is 88.3 Å². The van der Waals surface area contributed by atoms with E-state index >= 15 is 0 Å². The maximum absolute atomic E-state index is 6.30. The minimum atomic E-state index is 0.222. The van der Waals surface area contributed by atoms with E-state index in [0.717, 1.165) is 17.2 Å². The summed E-state index contributed by atoms with van der Waals surface area (Å²) >= 11 is 0. The molecule has 0 bridgehead atoms. The van der Waals surface area contributed by atoms with Gasteiger partial charge in [-0.25, -0.2) is 0 Å². The lowest BCUT2D eigenvalue weighted by molar-refractivity contribution is 0.407. The van der Waals surface area contributed by atoms with Gasteiger partial charge < -0.3 is 13.9 Å². The molecule has 0 saturated heterocycles. The van der Waals surface area contributed by atoms with Gasteiger partial charge in [-0.2, -0.15) is 0 Å². The van der Waals surface area contributed by atoms with E-state index in [-0.39, 0.29) is 11.8 Å². The third-order valence-electron chi connectivity index (χ3n) is 12.5. The zero-order valence-corrected chi connectivity index (χ0v) is 32.0. The van der Waals surface area contributed by atoms with Crippen LogP contribution in [0.4, 0.5) is 0 Å². The average Bonchev–Trinajstić information content (AvgIpc) is 3.94. The number of ether oxygens (including phenoxy) is 1. The van der Waals surface area contributed by atoms with Gasteiger partial charge in [0.1, 0.15) is 11.5 Å². The Morgan fingerprint density at radius 1 is 0.397 bits per heavy atom. The van der Waals surface area contributed by atoms with E-state index in [0.29, 0.717) is 0 Å². The Kier molecular flexibility index (Phi) is 7.27. The molecule has 3 heteroatoms. The maximum Gasteiger partial charge on any atom is 0.130 e. The predicted octanol–water partition coefficient (Wildman–Crippen LogP) is 14.3. The minimum Gasteiger partial charge on any atom is -0.461 e. The molecule has 8 aromatic carbocycles. The van der Waals surface area contributed by atoms with Crippen LogP contribution in [0, 0.1) is 5.92 Å². The number of aromatic nitrogens is 2. The van der Waals surface area contributed by atoms with Crippen LogP contribution >= 0.6 is 0 Å².